The lowest BCUT2D eigenvalue weighted by molar-refractivity contribution is -0.167. The molecule has 0 spiro atoms. The third kappa shape index (κ3) is 3.57. The number of amides is 2. The molecule has 3 heterocycles. The zero-order valence-corrected chi connectivity index (χ0v) is 21.5. The average molecular weight is 516 g/mol. The standard InChI is InChI=1S/C30H27ClFN3O2/c1-3-18-11-13-19(14-12-18)21-16-35-26(36)17-34(15-22-23(31)8-6-9-24(22)32)29(37)30(35,2)28-27(21)20-7-4-5-10-25(20)33-28/h4-14,21,33H,3,15-17H2,1-2H3. The number of carbonyl (C=O) groups is 2. The van der Waals surface area contributed by atoms with Gasteiger partial charge in [0.25, 0.3) is 5.91 Å². The molecule has 6 rings (SSSR count). The zero-order valence-electron chi connectivity index (χ0n) is 20.7. The number of benzene rings is 3. The number of rotatable bonds is 4. The van der Waals surface area contributed by atoms with Crippen LogP contribution in [-0.4, -0.2) is 39.7 Å². The number of fused-ring (bicyclic) bond motifs is 5. The van der Waals surface area contributed by atoms with Gasteiger partial charge in [-0.05, 0) is 48.2 Å². The predicted molar refractivity (Wildman–Crippen MR) is 142 cm³/mol. The van der Waals surface area contributed by atoms with E-state index in [4.69, 9.17) is 11.6 Å². The molecule has 7 heteroatoms. The van der Waals surface area contributed by atoms with E-state index in [-0.39, 0.29) is 41.4 Å². The Hall–Kier alpha value is -3.64. The van der Waals surface area contributed by atoms with Crippen molar-refractivity contribution >= 4 is 34.3 Å². The number of piperazine rings is 1. The second-order valence-corrected chi connectivity index (χ2v) is 10.5. The lowest BCUT2D eigenvalue weighted by Crippen LogP contribution is -2.67. The monoisotopic (exact) mass is 515 g/mol. The van der Waals surface area contributed by atoms with Gasteiger partial charge in [0.15, 0.2) is 5.54 Å². The summed E-state index contributed by atoms with van der Waals surface area (Å²) in [6, 6.07) is 20.9. The van der Waals surface area contributed by atoms with Crippen LogP contribution in [0, 0.1) is 5.82 Å². The van der Waals surface area contributed by atoms with Crippen LogP contribution >= 0.6 is 11.6 Å². The Kier molecular flexibility index (Phi) is 5.60. The van der Waals surface area contributed by atoms with Gasteiger partial charge >= 0.3 is 0 Å². The highest BCUT2D eigenvalue weighted by atomic mass is 35.5. The van der Waals surface area contributed by atoms with E-state index in [1.165, 1.54) is 22.6 Å². The first kappa shape index (κ1) is 23.7. The Morgan fingerprint density at radius 1 is 1.05 bits per heavy atom. The smallest absolute Gasteiger partial charge is 0.255 e. The van der Waals surface area contributed by atoms with Gasteiger partial charge in [0, 0.05) is 34.0 Å². The molecule has 1 fully saturated rings. The summed E-state index contributed by atoms with van der Waals surface area (Å²) >= 11 is 6.27. The van der Waals surface area contributed by atoms with Crippen LogP contribution in [0.5, 0.6) is 0 Å². The van der Waals surface area contributed by atoms with Crippen molar-refractivity contribution in [3.8, 4) is 0 Å². The summed E-state index contributed by atoms with van der Waals surface area (Å²) in [5, 5.41) is 1.27. The van der Waals surface area contributed by atoms with Gasteiger partial charge in [-0.3, -0.25) is 9.59 Å². The van der Waals surface area contributed by atoms with Crippen LogP contribution in [0.1, 0.15) is 47.7 Å². The molecule has 0 bridgehead atoms. The first-order valence-electron chi connectivity index (χ1n) is 12.6. The maximum atomic E-state index is 14.6. The molecule has 1 N–H and O–H groups in total. The van der Waals surface area contributed by atoms with E-state index in [1.54, 1.807) is 17.9 Å². The Balaban J connectivity index is 1.49. The molecule has 37 heavy (non-hydrogen) atoms. The molecule has 1 aromatic heterocycles. The summed E-state index contributed by atoms with van der Waals surface area (Å²) in [6.07, 6.45) is 0.947. The predicted octanol–water partition coefficient (Wildman–Crippen LogP) is 5.75. The number of aromatic nitrogens is 1. The molecule has 4 aromatic rings. The number of hydrogen-bond acceptors (Lipinski definition) is 2. The third-order valence-electron chi connectivity index (χ3n) is 8.02. The Morgan fingerprint density at radius 3 is 2.54 bits per heavy atom. The normalized spacial score (nSPS) is 21.4. The summed E-state index contributed by atoms with van der Waals surface area (Å²) in [7, 11) is 0. The summed E-state index contributed by atoms with van der Waals surface area (Å²) < 4.78 is 14.6. The highest BCUT2D eigenvalue weighted by molar-refractivity contribution is 6.31. The van der Waals surface area contributed by atoms with Crippen molar-refractivity contribution in [3.05, 3.63) is 106 Å². The molecule has 2 amide bonds. The molecule has 5 nitrogen and oxygen atoms in total. The molecule has 2 atom stereocenters. The minimum atomic E-state index is -1.25. The summed E-state index contributed by atoms with van der Waals surface area (Å²) in [4.78, 5) is 34.4. The van der Waals surface area contributed by atoms with E-state index < -0.39 is 11.4 Å². The average Bonchev–Trinajstić information content (AvgIpc) is 3.30. The van der Waals surface area contributed by atoms with Gasteiger partial charge in [0.2, 0.25) is 5.91 Å². The van der Waals surface area contributed by atoms with Crippen LogP contribution < -0.4 is 0 Å². The molecule has 2 aliphatic heterocycles. The first-order chi connectivity index (χ1) is 17.8. The molecule has 3 aromatic carbocycles. The number of aromatic amines is 1. The molecular formula is C30H27ClFN3O2. The van der Waals surface area contributed by atoms with Gasteiger partial charge in [-0.2, -0.15) is 0 Å². The van der Waals surface area contributed by atoms with Gasteiger partial charge in [-0.15, -0.1) is 0 Å². The third-order valence-corrected chi connectivity index (χ3v) is 8.37. The van der Waals surface area contributed by atoms with Crippen molar-refractivity contribution in [1.82, 2.24) is 14.8 Å². The van der Waals surface area contributed by atoms with E-state index in [9.17, 15) is 14.0 Å². The second-order valence-electron chi connectivity index (χ2n) is 10.0. The molecule has 0 radical (unpaired) electrons. The SMILES string of the molecule is CCc1ccc(C2CN3C(=O)CN(Cc4c(F)cccc4Cl)C(=O)C3(C)c3[nH]c4ccccc4c32)cc1. The van der Waals surface area contributed by atoms with Crippen LogP contribution in [0.25, 0.3) is 10.9 Å². The minimum Gasteiger partial charge on any atom is -0.356 e. The largest absolute Gasteiger partial charge is 0.356 e. The van der Waals surface area contributed by atoms with Crippen molar-refractivity contribution in [2.45, 2.75) is 38.3 Å². The number of halogens is 2. The van der Waals surface area contributed by atoms with Crippen molar-refractivity contribution in [3.63, 3.8) is 0 Å². The Bertz CT molecular complexity index is 1530. The molecular weight excluding hydrogens is 489 g/mol. The van der Waals surface area contributed by atoms with Crippen LogP contribution in [0.3, 0.4) is 0 Å². The van der Waals surface area contributed by atoms with Crippen molar-refractivity contribution < 1.29 is 14.0 Å². The molecule has 2 unspecified atom stereocenters. The first-order valence-corrected chi connectivity index (χ1v) is 12.9. The number of nitrogens with one attached hydrogen (secondary N) is 1. The highest BCUT2D eigenvalue weighted by Crippen LogP contribution is 2.48. The van der Waals surface area contributed by atoms with E-state index in [0.717, 1.165) is 28.5 Å². The summed E-state index contributed by atoms with van der Waals surface area (Å²) in [5.41, 5.74) is 3.98. The van der Waals surface area contributed by atoms with Gasteiger partial charge in [0.1, 0.15) is 12.4 Å². The number of aryl methyl sites for hydroxylation is 1. The molecule has 2 aliphatic rings. The zero-order chi connectivity index (χ0) is 25.9. The van der Waals surface area contributed by atoms with Crippen LogP contribution in [0.2, 0.25) is 5.02 Å². The van der Waals surface area contributed by atoms with Crippen LogP contribution in [0.4, 0.5) is 4.39 Å². The fourth-order valence-corrected chi connectivity index (χ4v) is 6.19. The van der Waals surface area contributed by atoms with Crippen LogP contribution in [-0.2, 0) is 28.1 Å². The number of hydrogen-bond donors (Lipinski definition) is 1. The lowest BCUT2D eigenvalue weighted by Gasteiger charge is -2.51. The van der Waals surface area contributed by atoms with E-state index in [0.29, 0.717) is 12.2 Å². The van der Waals surface area contributed by atoms with Gasteiger partial charge in [0.05, 0.1) is 12.2 Å². The number of H-pyrrole nitrogens is 1. The Labute approximate surface area is 219 Å². The molecule has 188 valence electrons. The van der Waals surface area contributed by atoms with E-state index in [1.807, 2.05) is 18.2 Å². The summed E-state index contributed by atoms with van der Waals surface area (Å²) in [5.74, 6) is -1.01. The van der Waals surface area contributed by atoms with Gasteiger partial charge < -0.3 is 14.8 Å². The van der Waals surface area contributed by atoms with Gasteiger partial charge in [-0.25, -0.2) is 4.39 Å². The minimum absolute atomic E-state index is 0.0724. The molecule has 0 saturated carbocycles. The Morgan fingerprint density at radius 2 is 1.81 bits per heavy atom. The number of para-hydroxylation sites is 1. The highest BCUT2D eigenvalue weighted by Gasteiger charge is 2.56. The quantitative estimate of drug-likeness (QED) is 0.376. The van der Waals surface area contributed by atoms with Crippen molar-refractivity contribution in [2.75, 3.05) is 13.1 Å². The fraction of sp³-hybridized carbons (Fsp3) is 0.267. The molecule has 0 aliphatic carbocycles. The van der Waals surface area contributed by atoms with Gasteiger partial charge in [-0.1, -0.05) is 67.1 Å². The fourth-order valence-electron chi connectivity index (χ4n) is 5.96. The van der Waals surface area contributed by atoms with E-state index in [2.05, 4.69) is 42.2 Å². The van der Waals surface area contributed by atoms with E-state index >= 15 is 0 Å². The summed E-state index contributed by atoms with van der Waals surface area (Å²) in [6.45, 7) is 4.10. The maximum Gasteiger partial charge on any atom is 0.255 e. The lowest BCUT2D eigenvalue weighted by atomic mass is 9.76. The number of nitrogens with zero attached hydrogens (tertiary/aromatic N) is 2. The number of carbonyl (C=O) groups excluding carboxylic acids is 2. The van der Waals surface area contributed by atoms with Crippen LogP contribution in [0.15, 0.2) is 66.7 Å². The molecule has 1 saturated heterocycles. The maximum absolute atomic E-state index is 14.6. The van der Waals surface area contributed by atoms with Crippen molar-refractivity contribution in [2.24, 2.45) is 0 Å². The van der Waals surface area contributed by atoms with Crippen molar-refractivity contribution in [1.29, 1.82) is 0 Å². The second kappa shape index (κ2) is 8.73. The topological polar surface area (TPSA) is 56.4 Å².